The molecular formula is C32H28ClFN6O2. The summed E-state index contributed by atoms with van der Waals surface area (Å²) in [6.45, 7) is 3.45. The van der Waals surface area contributed by atoms with Gasteiger partial charge in [-0.2, -0.15) is 4.98 Å². The topological polar surface area (TPSA) is 84.3 Å². The van der Waals surface area contributed by atoms with Gasteiger partial charge in [0.25, 0.3) is 5.56 Å². The highest BCUT2D eigenvalue weighted by molar-refractivity contribution is 6.33. The monoisotopic (exact) mass is 582 g/mol. The van der Waals surface area contributed by atoms with E-state index in [4.69, 9.17) is 21.3 Å². The molecule has 0 spiro atoms. The summed E-state index contributed by atoms with van der Waals surface area (Å²) in [5.41, 5.74) is 3.44. The first-order valence-electron chi connectivity index (χ1n) is 14.0. The minimum Gasteiger partial charge on any atom is -0.491 e. The van der Waals surface area contributed by atoms with Gasteiger partial charge in [0.15, 0.2) is 0 Å². The Kier molecular flexibility index (Phi) is 6.97. The van der Waals surface area contributed by atoms with E-state index < -0.39 is 0 Å². The maximum atomic E-state index is 15.1. The van der Waals surface area contributed by atoms with Crippen LogP contribution in [0.25, 0.3) is 22.2 Å². The Balaban J connectivity index is 1.30. The number of hydrogen-bond donors (Lipinski definition) is 2. The first kappa shape index (κ1) is 26.4. The fraction of sp³-hybridized carbons (Fsp3) is 0.219. The molecule has 4 heterocycles. The second-order valence-corrected chi connectivity index (χ2v) is 10.9. The number of nitrogens with one attached hydrogen (secondary N) is 2. The predicted molar refractivity (Wildman–Crippen MR) is 164 cm³/mol. The van der Waals surface area contributed by atoms with Gasteiger partial charge in [0.1, 0.15) is 23.8 Å². The van der Waals surface area contributed by atoms with Gasteiger partial charge in [-0.25, -0.2) is 9.37 Å². The zero-order valence-electron chi connectivity index (χ0n) is 22.7. The molecule has 0 aliphatic carbocycles. The highest BCUT2D eigenvalue weighted by Crippen LogP contribution is 2.33. The molecule has 8 nitrogen and oxygen atoms in total. The van der Waals surface area contributed by atoms with Crippen molar-refractivity contribution in [1.82, 2.24) is 19.9 Å². The van der Waals surface area contributed by atoms with Crippen LogP contribution in [-0.4, -0.2) is 47.3 Å². The third-order valence-corrected chi connectivity index (χ3v) is 8.15. The molecule has 3 aromatic carbocycles. The van der Waals surface area contributed by atoms with Crippen LogP contribution in [-0.2, 0) is 6.42 Å². The van der Waals surface area contributed by atoms with Gasteiger partial charge in [-0.05, 0) is 42.0 Å². The van der Waals surface area contributed by atoms with E-state index in [1.165, 1.54) is 6.07 Å². The predicted octanol–water partition coefficient (Wildman–Crippen LogP) is 5.58. The Bertz CT molecular complexity index is 1860. The van der Waals surface area contributed by atoms with E-state index in [0.29, 0.717) is 51.6 Å². The molecule has 2 N–H and O–H groups in total. The molecule has 0 saturated carbocycles. The lowest BCUT2D eigenvalue weighted by atomic mass is 10.0. The number of fused-ring (bicyclic) bond motifs is 2. The molecule has 5 aromatic rings. The number of anilines is 3. The zero-order valence-corrected chi connectivity index (χ0v) is 23.4. The lowest BCUT2D eigenvalue weighted by Gasteiger charge is -2.29. The Hall–Kier alpha value is -4.47. The summed E-state index contributed by atoms with van der Waals surface area (Å²) in [7, 11) is 0. The maximum Gasteiger partial charge on any atom is 0.260 e. The van der Waals surface area contributed by atoms with Crippen molar-refractivity contribution < 1.29 is 9.13 Å². The average Bonchev–Trinajstić information content (AvgIpc) is 3.01. The fourth-order valence-electron chi connectivity index (χ4n) is 5.75. The molecule has 1 fully saturated rings. The molecule has 2 aliphatic rings. The summed E-state index contributed by atoms with van der Waals surface area (Å²) in [4.78, 5) is 25.5. The van der Waals surface area contributed by atoms with Gasteiger partial charge in [-0.15, -0.1) is 0 Å². The van der Waals surface area contributed by atoms with Crippen LogP contribution in [0.3, 0.4) is 0 Å². The molecule has 1 atom stereocenters. The Morgan fingerprint density at radius 3 is 2.64 bits per heavy atom. The molecule has 0 amide bonds. The Morgan fingerprint density at radius 2 is 1.81 bits per heavy atom. The number of hydrogen-bond acceptors (Lipinski definition) is 7. The summed E-state index contributed by atoms with van der Waals surface area (Å²) in [6.07, 6.45) is 2.27. The summed E-state index contributed by atoms with van der Waals surface area (Å²) >= 11 is 6.53. The van der Waals surface area contributed by atoms with Gasteiger partial charge in [-0.3, -0.25) is 9.36 Å². The van der Waals surface area contributed by atoms with Gasteiger partial charge in [-0.1, -0.05) is 48.0 Å². The summed E-state index contributed by atoms with van der Waals surface area (Å²) in [6, 6.07) is 21.6. The van der Waals surface area contributed by atoms with Crippen molar-refractivity contribution in [2.75, 3.05) is 43.0 Å². The van der Waals surface area contributed by atoms with Crippen molar-refractivity contribution >= 4 is 40.0 Å². The van der Waals surface area contributed by atoms with Crippen molar-refractivity contribution in [3.05, 3.63) is 106 Å². The van der Waals surface area contributed by atoms with E-state index >= 15 is 4.39 Å². The number of aromatic nitrogens is 3. The van der Waals surface area contributed by atoms with E-state index in [1.54, 1.807) is 29.0 Å². The lowest BCUT2D eigenvalue weighted by molar-refractivity contribution is 0.224. The van der Waals surface area contributed by atoms with Gasteiger partial charge in [0.2, 0.25) is 5.95 Å². The van der Waals surface area contributed by atoms with Crippen molar-refractivity contribution in [2.45, 2.75) is 12.5 Å². The molecular weight excluding hydrogens is 555 g/mol. The largest absolute Gasteiger partial charge is 0.491 e. The zero-order chi connectivity index (χ0) is 28.6. The molecule has 1 unspecified atom stereocenters. The third-order valence-electron chi connectivity index (χ3n) is 7.82. The van der Waals surface area contributed by atoms with Crippen LogP contribution in [0.1, 0.15) is 11.6 Å². The normalized spacial score (nSPS) is 16.6. The van der Waals surface area contributed by atoms with Gasteiger partial charge in [0, 0.05) is 66.0 Å². The van der Waals surface area contributed by atoms with Crippen molar-refractivity contribution in [2.24, 2.45) is 0 Å². The number of halogens is 2. The van der Waals surface area contributed by atoms with Crippen LogP contribution in [0, 0.1) is 5.82 Å². The van der Waals surface area contributed by atoms with E-state index in [1.807, 2.05) is 53.4 Å². The first-order valence-corrected chi connectivity index (χ1v) is 14.3. The number of rotatable bonds is 5. The summed E-state index contributed by atoms with van der Waals surface area (Å²) in [5, 5.41) is 7.57. The summed E-state index contributed by atoms with van der Waals surface area (Å²) in [5.74, 6) is 0.756. The highest BCUT2D eigenvalue weighted by Gasteiger charge is 2.26. The third kappa shape index (κ3) is 4.95. The maximum absolute atomic E-state index is 15.1. The Labute approximate surface area is 246 Å². The molecule has 2 aliphatic heterocycles. The van der Waals surface area contributed by atoms with Gasteiger partial charge < -0.3 is 20.3 Å². The average molecular weight is 583 g/mol. The second-order valence-electron chi connectivity index (χ2n) is 10.5. The molecule has 0 bridgehead atoms. The lowest BCUT2D eigenvalue weighted by Crippen LogP contribution is -2.43. The van der Waals surface area contributed by atoms with Crippen LogP contribution >= 0.6 is 11.6 Å². The first-order chi connectivity index (χ1) is 20.5. The quantitative estimate of drug-likeness (QED) is 0.280. The van der Waals surface area contributed by atoms with Gasteiger partial charge in [0.05, 0.1) is 11.7 Å². The minimum absolute atomic E-state index is 0.223. The van der Waals surface area contributed by atoms with Crippen LogP contribution in [0.5, 0.6) is 5.75 Å². The molecule has 2 aromatic heterocycles. The van der Waals surface area contributed by atoms with Crippen LogP contribution in [0.2, 0.25) is 5.02 Å². The van der Waals surface area contributed by atoms with Crippen LogP contribution in [0.15, 0.2) is 83.8 Å². The standard InChI is InChI=1S/C32H28ClFN6O2/c33-26-7-3-2-6-24(26)25-16-21-18-36-32(37-22-9-10-28(27(34)17-22)39-13-11-35-12-14-39)38-30(21)40(31(25)41)23-15-20-5-1-4-8-29(20)42-19-23/h1-10,16-18,23,35H,11-15,19H2,(H,36,37,38). The number of benzene rings is 3. The SMILES string of the molecule is O=c1c(-c2ccccc2Cl)cc2cnc(Nc3ccc(N4CCNCC4)c(F)c3)nc2n1C1COc2ccccc2C1. The number of ether oxygens (including phenoxy) is 1. The molecule has 42 heavy (non-hydrogen) atoms. The van der Waals surface area contributed by atoms with E-state index in [2.05, 4.69) is 15.6 Å². The number of nitrogens with zero attached hydrogens (tertiary/aromatic N) is 4. The van der Waals surface area contributed by atoms with Crippen molar-refractivity contribution in [3.63, 3.8) is 0 Å². The van der Waals surface area contributed by atoms with Crippen LogP contribution in [0.4, 0.5) is 21.7 Å². The van der Waals surface area contributed by atoms with E-state index in [-0.39, 0.29) is 23.4 Å². The number of piperazine rings is 1. The molecule has 7 rings (SSSR count). The minimum atomic E-state index is -0.318. The molecule has 0 radical (unpaired) electrons. The second kappa shape index (κ2) is 11.1. The highest BCUT2D eigenvalue weighted by atomic mass is 35.5. The molecule has 10 heteroatoms. The van der Waals surface area contributed by atoms with Crippen molar-refractivity contribution in [3.8, 4) is 16.9 Å². The smallest absolute Gasteiger partial charge is 0.260 e. The van der Waals surface area contributed by atoms with Gasteiger partial charge >= 0.3 is 0 Å². The van der Waals surface area contributed by atoms with E-state index in [9.17, 15) is 4.79 Å². The Morgan fingerprint density at radius 1 is 1.00 bits per heavy atom. The fourth-order valence-corrected chi connectivity index (χ4v) is 5.98. The summed E-state index contributed by atoms with van der Waals surface area (Å²) < 4.78 is 22.9. The van der Waals surface area contributed by atoms with Crippen LogP contribution < -0.4 is 25.8 Å². The van der Waals surface area contributed by atoms with Crippen molar-refractivity contribution in [1.29, 1.82) is 0 Å². The number of para-hydroxylation sites is 1. The number of pyridine rings is 1. The molecule has 1 saturated heterocycles. The van der Waals surface area contributed by atoms with E-state index in [0.717, 1.165) is 37.5 Å². The molecule has 212 valence electrons.